The molecule has 0 aromatic heterocycles. The fraction of sp³-hybridized carbons (Fsp3) is 0.933. The second-order valence-corrected chi connectivity index (χ2v) is 14.2. The van der Waals surface area contributed by atoms with Gasteiger partial charge in [-0.05, 0) is 95.9 Å². The molecule has 1 heteroatoms. The maximum Gasteiger partial charge on any atom is 0.0761 e. The molecule has 178 valence electrons. The quantitative estimate of drug-likeness (QED) is 0.435. The highest BCUT2D eigenvalue weighted by atomic mass is 16.3. The minimum absolute atomic E-state index is 0.201. The Bertz CT molecular complexity index is 716. The van der Waals surface area contributed by atoms with Crippen LogP contribution in [0.3, 0.4) is 0 Å². The third-order valence-electron chi connectivity index (χ3n) is 11.7. The van der Waals surface area contributed by atoms with E-state index in [9.17, 15) is 5.11 Å². The molecule has 1 nitrogen and oxygen atoms in total. The van der Waals surface area contributed by atoms with E-state index >= 15 is 0 Å². The van der Waals surface area contributed by atoms with Crippen LogP contribution in [0.15, 0.2) is 11.1 Å². The van der Waals surface area contributed by atoms with Crippen molar-refractivity contribution in [2.45, 2.75) is 132 Å². The molecule has 0 amide bonds. The fourth-order valence-electron chi connectivity index (χ4n) is 9.74. The van der Waals surface area contributed by atoms with Crippen LogP contribution in [0.5, 0.6) is 0 Å². The Balaban J connectivity index is 1.67. The number of aliphatic hydroxyl groups excluding tert-OH is 1. The summed E-state index contributed by atoms with van der Waals surface area (Å²) in [7, 11) is 0. The number of aliphatic hydroxyl groups is 1. The number of fused-ring (bicyclic) bond motifs is 4. The van der Waals surface area contributed by atoms with Crippen LogP contribution in [-0.2, 0) is 0 Å². The molecule has 2 saturated carbocycles. The number of hydrogen-bond donors (Lipinski definition) is 1. The lowest BCUT2D eigenvalue weighted by Crippen LogP contribution is -2.55. The molecule has 0 aliphatic heterocycles. The first-order valence-electron chi connectivity index (χ1n) is 13.8. The van der Waals surface area contributed by atoms with Crippen LogP contribution < -0.4 is 0 Å². The van der Waals surface area contributed by atoms with Gasteiger partial charge in [0.15, 0.2) is 0 Å². The van der Waals surface area contributed by atoms with Gasteiger partial charge in [0.1, 0.15) is 0 Å². The molecule has 0 saturated heterocycles. The lowest BCUT2D eigenvalue weighted by atomic mass is 9.43. The van der Waals surface area contributed by atoms with E-state index in [4.69, 9.17) is 0 Å². The third-order valence-corrected chi connectivity index (χ3v) is 11.7. The molecule has 4 rings (SSSR count). The van der Waals surface area contributed by atoms with Crippen molar-refractivity contribution < 1.29 is 5.11 Å². The Morgan fingerprint density at radius 3 is 2.32 bits per heavy atom. The van der Waals surface area contributed by atoms with Crippen molar-refractivity contribution in [3.05, 3.63) is 11.1 Å². The molecule has 0 aromatic rings. The SMILES string of the molecule is CC(C)CCC[C@@H](C)[C@H]1CC[C@@]2(C)C3=C(CC[C@]12C)[C@@]1(C)CCCC(C)(C)[C@@H]1CC3O. The molecule has 31 heavy (non-hydrogen) atoms. The molecule has 4 aliphatic rings. The fourth-order valence-corrected chi connectivity index (χ4v) is 9.74. The van der Waals surface area contributed by atoms with Crippen molar-refractivity contribution in [2.75, 3.05) is 0 Å². The predicted molar refractivity (Wildman–Crippen MR) is 133 cm³/mol. The molecule has 2 fully saturated rings. The molecule has 4 aliphatic carbocycles. The Hall–Kier alpha value is -0.300. The van der Waals surface area contributed by atoms with Crippen molar-refractivity contribution in [1.29, 1.82) is 0 Å². The Kier molecular flexibility index (Phi) is 6.07. The van der Waals surface area contributed by atoms with Crippen molar-refractivity contribution in [2.24, 2.45) is 45.3 Å². The van der Waals surface area contributed by atoms with Gasteiger partial charge in [-0.25, -0.2) is 0 Å². The average molecular weight is 429 g/mol. The van der Waals surface area contributed by atoms with Crippen molar-refractivity contribution in [1.82, 2.24) is 0 Å². The minimum Gasteiger partial charge on any atom is -0.389 e. The predicted octanol–water partition coefficient (Wildman–Crippen LogP) is 8.56. The molecule has 0 aromatic carbocycles. The van der Waals surface area contributed by atoms with Crippen LogP contribution >= 0.6 is 0 Å². The summed E-state index contributed by atoms with van der Waals surface area (Å²) in [5.74, 6) is 3.09. The molecule has 0 heterocycles. The maximum absolute atomic E-state index is 11.7. The van der Waals surface area contributed by atoms with Crippen LogP contribution in [0.2, 0.25) is 0 Å². The average Bonchev–Trinajstić information content (AvgIpc) is 2.94. The Morgan fingerprint density at radius 2 is 1.65 bits per heavy atom. The monoisotopic (exact) mass is 428 g/mol. The summed E-state index contributed by atoms with van der Waals surface area (Å²) in [6.07, 6.45) is 14.2. The van der Waals surface area contributed by atoms with E-state index in [1.165, 1.54) is 69.8 Å². The van der Waals surface area contributed by atoms with E-state index in [1.807, 2.05) is 0 Å². The zero-order chi connectivity index (χ0) is 22.8. The molecule has 1 unspecified atom stereocenters. The van der Waals surface area contributed by atoms with Crippen LogP contribution in [0, 0.1) is 45.3 Å². The van der Waals surface area contributed by atoms with Gasteiger partial charge < -0.3 is 5.11 Å². The highest BCUT2D eigenvalue weighted by Crippen LogP contribution is 2.72. The van der Waals surface area contributed by atoms with Gasteiger partial charge >= 0.3 is 0 Å². The van der Waals surface area contributed by atoms with E-state index in [0.29, 0.717) is 22.2 Å². The van der Waals surface area contributed by atoms with Gasteiger partial charge in [0, 0.05) is 0 Å². The minimum atomic E-state index is -0.204. The van der Waals surface area contributed by atoms with Crippen molar-refractivity contribution in [3.8, 4) is 0 Å². The number of rotatable bonds is 5. The van der Waals surface area contributed by atoms with Gasteiger partial charge in [-0.1, -0.05) is 86.6 Å². The number of allylic oxidation sites excluding steroid dienone is 1. The van der Waals surface area contributed by atoms with E-state index < -0.39 is 0 Å². The summed E-state index contributed by atoms with van der Waals surface area (Å²) in [6.45, 7) is 20.0. The summed E-state index contributed by atoms with van der Waals surface area (Å²) in [5, 5.41) is 11.7. The third kappa shape index (κ3) is 3.50. The van der Waals surface area contributed by atoms with Crippen molar-refractivity contribution >= 4 is 0 Å². The largest absolute Gasteiger partial charge is 0.389 e. The van der Waals surface area contributed by atoms with Crippen LogP contribution in [0.25, 0.3) is 0 Å². The number of hydrogen-bond acceptors (Lipinski definition) is 1. The summed E-state index contributed by atoms with van der Waals surface area (Å²) in [4.78, 5) is 0. The standard InChI is InChI=1S/C30H52O/c1-20(2)11-9-12-21(3)22-13-18-30(8)26-23(14-17-29(22,30)7)28(6)16-10-15-27(4,5)25(28)19-24(26)31/h20-22,24-25,31H,9-19H2,1-8H3/t21-,22-,24?,25+,28-,29-,30+/m1/s1. The molecular weight excluding hydrogens is 376 g/mol. The second kappa shape index (κ2) is 7.89. The van der Waals surface area contributed by atoms with Gasteiger partial charge in [0.25, 0.3) is 0 Å². The highest BCUT2D eigenvalue weighted by molar-refractivity contribution is 5.41. The van der Waals surface area contributed by atoms with E-state index in [1.54, 1.807) is 5.57 Å². The maximum atomic E-state index is 11.7. The Morgan fingerprint density at radius 1 is 0.935 bits per heavy atom. The topological polar surface area (TPSA) is 20.2 Å². The molecule has 0 bridgehead atoms. The van der Waals surface area contributed by atoms with Gasteiger partial charge in [-0.2, -0.15) is 0 Å². The summed E-state index contributed by atoms with van der Waals surface area (Å²) in [6, 6.07) is 0. The first-order valence-corrected chi connectivity index (χ1v) is 13.8. The normalized spacial score (nSPS) is 45.3. The van der Waals surface area contributed by atoms with Gasteiger partial charge in [0.05, 0.1) is 6.10 Å². The van der Waals surface area contributed by atoms with Crippen LogP contribution in [0.1, 0.15) is 126 Å². The highest BCUT2D eigenvalue weighted by Gasteiger charge is 2.64. The van der Waals surface area contributed by atoms with Crippen LogP contribution in [-0.4, -0.2) is 11.2 Å². The summed E-state index contributed by atoms with van der Waals surface area (Å²) in [5.41, 5.74) is 4.50. The summed E-state index contributed by atoms with van der Waals surface area (Å²) < 4.78 is 0. The molecule has 1 N–H and O–H groups in total. The molecule has 0 radical (unpaired) electrons. The second-order valence-electron chi connectivity index (χ2n) is 14.2. The summed E-state index contributed by atoms with van der Waals surface area (Å²) >= 11 is 0. The zero-order valence-electron chi connectivity index (χ0n) is 22.1. The zero-order valence-corrected chi connectivity index (χ0v) is 22.1. The van der Waals surface area contributed by atoms with Gasteiger partial charge in [-0.3, -0.25) is 0 Å². The van der Waals surface area contributed by atoms with Gasteiger partial charge in [-0.15, -0.1) is 0 Å². The van der Waals surface area contributed by atoms with E-state index in [-0.39, 0.29) is 11.5 Å². The lowest BCUT2D eigenvalue weighted by Gasteiger charge is -2.62. The first-order chi connectivity index (χ1) is 14.4. The van der Waals surface area contributed by atoms with Gasteiger partial charge in [0.2, 0.25) is 0 Å². The molecular formula is C30H52O. The van der Waals surface area contributed by atoms with Crippen LogP contribution in [0.4, 0.5) is 0 Å². The Labute approximate surface area is 193 Å². The van der Waals surface area contributed by atoms with E-state index in [0.717, 1.165) is 24.2 Å². The van der Waals surface area contributed by atoms with E-state index in [2.05, 4.69) is 55.4 Å². The lowest BCUT2D eigenvalue weighted by molar-refractivity contribution is -0.0541. The first kappa shape index (κ1) is 23.8. The van der Waals surface area contributed by atoms with Crippen molar-refractivity contribution in [3.63, 3.8) is 0 Å². The smallest absolute Gasteiger partial charge is 0.0761 e. The molecule has 0 spiro atoms. The molecule has 7 atom stereocenters.